The maximum atomic E-state index is 11.9. The molecule has 1 amide bonds. The highest BCUT2D eigenvalue weighted by molar-refractivity contribution is 5.82. The van der Waals surface area contributed by atoms with Crippen LogP contribution in [0.1, 0.15) is 5.56 Å². The second-order valence-electron chi connectivity index (χ2n) is 4.28. The smallest absolute Gasteiger partial charge is 0.238 e. The highest BCUT2D eigenvalue weighted by Crippen LogP contribution is 2.12. The molecule has 1 aromatic rings. The van der Waals surface area contributed by atoms with Crippen LogP contribution in [-0.4, -0.2) is 38.7 Å². The van der Waals surface area contributed by atoms with E-state index in [1.165, 1.54) is 0 Å². The molecule has 5 nitrogen and oxygen atoms in total. The van der Waals surface area contributed by atoms with Gasteiger partial charge >= 0.3 is 0 Å². The summed E-state index contributed by atoms with van der Waals surface area (Å²) in [6, 6.07) is 7.56. The van der Waals surface area contributed by atoms with Gasteiger partial charge in [0.15, 0.2) is 0 Å². The summed E-state index contributed by atoms with van der Waals surface area (Å²) in [7, 11) is 1.63. The number of benzene rings is 1. The molecule has 0 aliphatic carbocycles. The second-order valence-corrected chi connectivity index (χ2v) is 4.28. The van der Waals surface area contributed by atoms with Crippen LogP contribution in [0.3, 0.4) is 0 Å². The van der Waals surface area contributed by atoms with Crippen molar-refractivity contribution >= 4 is 5.91 Å². The third-order valence-corrected chi connectivity index (χ3v) is 2.96. The summed E-state index contributed by atoms with van der Waals surface area (Å²) < 4.78 is 5.14. The van der Waals surface area contributed by atoms with Gasteiger partial charge in [-0.3, -0.25) is 4.79 Å². The molecule has 0 radical (unpaired) electrons. The van der Waals surface area contributed by atoms with E-state index in [1.807, 2.05) is 24.3 Å². The van der Waals surface area contributed by atoms with Crippen LogP contribution in [0.25, 0.3) is 0 Å². The average Bonchev–Trinajstić information content (AvgIpc) is 2.46. The van der Waals surface area contributed by atoms with Gasteiger partial charge in [-0.05, 0) is 17.7 Å². The van der Waals surface area contributed by atoms with Crippen LogP contribution in [0.15, 0.2) is 24.3 Å². The molecule has 1 aliphatic rings. The summed E-state index contributed by atoms with van der Waals surface area (Å²) in [5.41, 5.74) is 1.03. The Morgan fingerprint density at radius 1 is 1.50 bits per heavy atom. The van der Waals surface area contributed by atoms with E-state index in [0.717, 1.165) is 24.4 Å². The quantitative estimate of drug-likeness (QED) is 0.696. The number of piperazine rings is 1. The summed E-state index contributed by atoms with van der Waals surface area (Å²) in [5.74, 6) is 0.837. The fourth-order valence-corrected chi connectivity index (χ4v) is 1.93. The normalized spacial score (nSPS) is 19.3. The van der Waals surface area contributed by atoms with E-state index in [2.05, 4.69) is 16.0 Å². The first-order valence-electron chi connectivity index (χ1n) is 6.14. The zero-order valence-corrected chi connectivity index (χ0v) is 10.5. The third-order valence-electron chi connectivity index (χ3n) is 2.96. The van der Waals surface area contributed by atoms with E-state index in [4.69, 9.17) is 4.74 Å². The minimum Gasteiger partial charge on any atom is -0.497 e. The van der Waals surface area contributed by atoms with Crippen LogP contribution < -0.4 is 20.7 Å². The van der Waals surface area contributed by atoms with Gasteiger partial charge in [0, 0.05) is 26.2 Å². The maximum Gasteiger partial charge on any atom is 0.238 e. The molecular weight excluding hydrogens is 230 g/mol. The molecule has 2 rings (SSSR count). The SMILES string of the molecule is COc1cccc(CNC(=O)C2CNCCN2)c1. The molecule has 18 heavy (non-hydrogen) atoms. The fourth-order valence-electron chi connectivity index (χ4n) is 1.93. The van der Waals surface area contributed by atoms with Gasteiger partial charge < -0.3 is 20.7 Å². The van der Waals surface area contributed by atoms with Crippen molar-refractivity contribution in [2.75, 3.05) is 26.7 Å². The van der Waals surface area contributed by atoms with Crippen LogP contribution in [-0.2, 0) is 11.3 Å². The molecular formula is C13H19N3O2. The van der Waals surface area contributed by atoms with E-state index in [0.29, 0.717) is 13.1 Å². The Morgan fingerprint density at radius 3 is 3.11 bits per heavy atom. The summed E-state index contributed by atoms with van der Waals surface area (Å²) in [4.78, 5) is 11.9. The molecule has 0 spiro atoms. The van der Waals surface area contributed by atoms with Crippen LogP contribution in [0, 0.1) is 0 Å². The maximum absolute atomic E-state index is 11.9. The van der Waals surface area contributed by atoms with E-state index in [-0.39, 0.29) is 11.9 Å². The topological polar surface area (TPSA) is 62.4 Å². The van der Waals surface area contributed by atoms with Crippen molar-refractivity contribution < 1.29 is 9.53 Å². The van der Waals surface area contributed by atoms with Crippen LogP contribution >= 0.6 is 0 Å². The van der Waals surface area contributed by atoms with Gasteiger partial charge in [0.2, 0.25) is 5.91 Å². The van der Waals surface area contributed by atoms with E-state index in [9.17, 15) is 4.79 Å². The summed E-state index contributed by atoms with van der Waals surface area (Å²) >= 11 is 0. The summed E-state index contributed by atoms with van der Waals surface area (Å²) in [6.07, 6.45) is 0. The van der Waals surface area contributed by atoms with Crippen LogP contribution in [0.2, 0.25) is 0 Å². The van der Waals surface area contributed by atoms with Crippen molar-refractivity contribution in [3.05, 3.63) is 29.8 Å². The van der Waals surface area contributed by atoms with Gasteiger partial charge in [0.05, 0.1) is 13.2 Å². The Hall–Kier alpha value is -1.59. The van der Waals surface area contributed by atoms with Gasteiger partial charge in [0.1, 0.15) is 5.75 Å². The second kappa shape index (κ2) is 6.37. The molecule has 0 aromatic heterocycles. The zero-order chi connectivity index (χ0) is 12.8. The molecule has 1 unspecified atom stereocenters. The lowest BCUT2D eigenvalue weighted by Crippen LogP contribution is -2.55. The molecule has 1 saturated heterocycles. The van der Waals surface area contributed by atoms with Gasteiger partial charge in [0.25, 0.3) is 0 Å². The number of rotatable bonds is 4. The molecule has 1 aliphatic heterocycles. The largest absolute Gasteiger partial charge is 0.497 e. The number of methoxy groups -OCH3 is 1. The molecule has 1 heterocycles. The zero-order valence-electron chi connectivity index (χ0n) is 10.5. The Morgan fingerprint density at radius 2 is 2.39 bits per heavy atom. The van der Waals surface area contributed by atoms with Crippen molar-refractivity contribution in [2.24, 2.45) is 0 Å². The number of hydrogen-bond donors (Lipinski definition) is 3. The number of carbonyl (C=O) groups excluding carboxylic acids is 1. The van der Waals surface area contributed by atoms with Gasteiger partial charge in [-0.15, -0.1) is 0 Å². The number of ether oxygens (including phenoxy) is 1. The lowest BCUT2D eigenvalue weighted by molar-refractivity contribution is -0.123. The Balaban J connectivity index is 1.84. The van der Waals surface area contributed by atoms with E-state index in [1.54, 1.807) is 7.11 Å². The molecule has 0 saturated carbocycles. The predicted molar refractivity (Wildman–Crippen MR) is 69.5 cm³/mol. The molecule has 1 aromatic carbocycles. The lowest BCUT2D eigenvalue weighted by atomic mass is 10.2. The molecule has 98 valence electrons. The first kappa shape index (κ1) is 12.9. The number of carbonyl (C=O) groups is 1. The third kappa shape index (κ3) is 3.45. The van der Waals surface area contributed by atoms with Crippen molar-refractivity contribution in [2.45, 2.75) is 12.6 Å². The van der Waals surface area contributed by atoms with Crippen molar-refractivity contribution in [1.29, 1.82) is 0 Å². The van der Waals surface area contributed by atoms with Gasteiger partial charge in [-0.25, -0.2) is 0 Å². The average molecular weight is 249 g/mol. The Kier molecular flexibility index (Phi) is 4.55. The fraction of sp³-hybridized carbons (Fsp3) is 0.462. The Labute approximate surface area is 107 Å². The standard InChI is InChI=1S/C13H19N3O2/c1-18-11-4-2-3-10(7-11)8-16-13(17)12-9-14-5-6-15-12/h2-4,7,12,14-15H,5-6,8-9H2,1H3,(H,16,17). The molecule has 0 bridgehead atoms. The predicted octanol–water partition coefficient (Wildman–Crippen LogP) is -0.127. The van der Waals surface area contributed by atoms with Crippen LogP contribution in [0.5, 0.6) is 5.75 Å². The van der Waals surface area contributed by atoms with E-state index >= 15 is 0 Å². The first-order chi connectivity index (χ1) is 8.79. The molecule has 3 N–H and O–H groups in total. The molecule has 5 heteroatoms. The van der Waals surface area contributed by atoms with Crippen molar-refractivity contribution in [3.8, 4) is 5.75 Å². The first-order valence-corrected chi connectivity index (χ1v) is 6.14. The highest BCUT2D eigenvalue weighted by Gasteiger charge is 2.19. The van der Waals surface area contributed by atoms with Gasteiger partial charge in [-0.1, -0.05) is 12.1 Å². The number of hydrogen-bond acceptors (Lipinski definition) is 4. The van der Waals surface area contributed by atoms with Crippen LogP contribution in [0.4, 0.5) is 0 Å². The van der Waals surface area contributed by atoms with Gasteiger partial charge in [-0.2, -0.15) is 0 Å². The Bertz CT molecular complexity index is 403. The molecule has 1 atom stereocenters. The molecule has 1 fully saturated rings. The minimum absolute atomic E-state index is 0.0324. The minimum atomic E-state index is -0.135. The monoisotopic (exact) mass is 249 g/mol. The summed E-state index contributed by atoms with van der Waals surface area (Å²) in [5, 5.41) is 9.29. The number of nitrogens with one attached hydrogen (secondary N) is 3. The van der Waals surface area contributed by atoms with Crippen molar-refractivity contribution in [3.63, 3.8) is 0 Å². The van der Waals surface area contributed by atoms with E-state index < -0.39 is 0 Å². The number of amides is 1. The van der Waals surface area contributed by atoms with Crippen molar-refractivity contribution in [1.82, 2.24) is 16.0 Å². The highest BCUT2D eigenvalue weighted by atomic mass is 16.5. The lowest BCUT2D eigenvalue weighted by Gasteiger charge is -2.23. The summed E-state index contributed by atoms with van der Waals surface area (Å²) in [6.45, 7) is 2.95.